The number of allylic oxidation sites excluding steroid dienone is 1. The quantitative estimate of drug-likeness (QED) is 0.153. The van der Waals surface area contributed by atoms with E-state index in [1.54, 1.807) is 17.7 Å². The first kappa shape index (κ1) is 31.8. The normalized spacial score (nSPS) is 33.6. The number of fused-ring (bicyclic) bond motifs is 4. The van der Waals surface area contributed by atoms with Gasteiger partial charge in [0.05, 0.1) is 11.5 Å². The molecule has 0 aliphatic heterocycles. The van der Waals surface area contributed by atoms with Crippen molar-refractivity contribution in [3.63, 3.8) is 0 Å². The maximum Gasteiger partial charge on any atom is 0.302 e. The number of aryl methyl sites for hydroxylation is 1. The molecule has 1 unspecified atom stereocenters. The summed E-state index contributed by atoms with van der Waals surface area (Å²) in [6.07, 6.45) is 12.5. The molecule has 0 heterocycles. The Morgan fingerprint density at radius 3 is 2.45 bits per heavy atom. The average Bonchev–Trinajstić information content (AvgIpc) is 3.29. The Bertz CT molecular complexity index is 1250. The van der Waals surface area contributed by atoms with Crippen LogP contribution in [0.5, 0.6) is 0 Å². The molecule has 1 aromatic carbocycles. The monoisotopic (exact) mass is 598 g/mol. The zero-order valence-corrected chi connectivity index (χ0v) is 27.7. The van der Waals surface area contributed by atoms with Crippen molar-refractivity contribution in [1.29, 1.82) is 0 Å². The van der Waals surface area contributed by atoms with Crippen molar-refractivity contribution in [2.24, 2.45) is 46.8 Å². The Hall–Kier alpha value is -1.66. The Morgan fingerprint density at radius 1 is 1.02 bits per heavy atom. The number of ether oxygens (including phenoxy) is 1. The second-order valence-electron chi connectivity index (χ2n) is 14.9. The van der Waals surface area contributed by atoms with E-state index in [1.807, 2.05) is 19.1 Å². The minimum absolute atomic E-state index is 0.0460. The van der Waals surface area contributed by atoms with Crippen LogP contribution < -0.4 is 0 Å². The van der Waals surface area contributed by atoms with E-state index in [4.69, 9.17) is 8.92 Å². The van der Waals surface area contributed by atoms with E-state index in [2.05, 4.69) is 27.7 Å². The highest BCUT2D eigenvalue weighted by Gasteiger charge is 2.57. The predicted octanol–water partition coefficient (Wildman–Crippen LogP) is 8.65. The van der Waals surface area contributed by atoms with Crippen LogP contribution in [0.15, 0.2) is 40.3 Å². The zero-order chi connectivity index (χ0) is 30.2. The van der Waals surface area contributed by atoms with Crippen molar-refractivity contribution in [3.8, 4) is 0 Å². The Labute approximate surface area is 255 Å². The van der Waals surface area contributed by atoms with Gasteiger partial charge in [0, 0.05) is 19.3 Å². The molecule has 0 radical (unpaired) electrons. The number of benzene rings is 1. The summed E-state index contributed by atoms with van der Waals surface area (Å²) >= 11 is 0. The van der Waals surface area contributed by atoms with Crippen LogP contribution in [0, 0.1) is 53.8 Å². The molecule has 0 amide bonds. The largest absolute Gasteiger partial charge is 0.462 e. The lowest BCUT2D eigenvalue weighted by Gasteiger charge is -2.54. The second-order valence-corrected chi connectivity index (χ2v) is 16.5. The standard InChI is InChI=1S/C36H54O5S/c1-23(2)8-7-9-25(4)34-16-17-35-33-20-27(22-40-42(38,39)29-13-10-24(3)11-14-29)32-21-28(41-26(5)37)12-15-30(32)31(33)18-19-36(34,35)6/h10-11,13-14,23,25,27-28,31,33-35H,7-9,12,15-22H2,1-6H3/t25-,27?,28+,31-,33-,34-,35+,36-/m1/s1. The molecule has 2 fully saturated rings. The molecule has 5 nitrogen and oxygen atoms in total. The van der Waals surface area contributed by atoms with Gasteiger partial charge in [-0.1, -0.05) is 75.8 Å². The summed E-state index contributed by atoms with van der Waals surface area (Å²) in [5.41, 5.74) is 4.26. The van der Waals surface area contributed by atoms with Crippen LogP contribution in [-0.4, -0.2) is 27.1 Å². The minimum atomic E-state index is -3.85. The summed E-state index contributed by atoms with van der Waals surface area (Å²) in [6, 6.07) is 6.90. The lowest BCUT2D eigenvalue weighted by molar-refractivity contribution is -0.147. The Balaban J connectivity index is 1.38. The molecule has 6 heteroatoms. The lowest BCUT2D eigenvalue weighted by Crippen LogP contribution is -2.47. The maximum absolute atomic E-state index is 13.2. The molecule has 1 aromatic rings. The van der Waals surface area contributed by atoms with E-state index >= 15 is 0 Å². The molecule has 42 heavy (non-hydrogen) atoms. The number of carbonyl (C=O) groups is 1. The Kier molecular flexibility index (Phi) is 9.64. The second kappa shape index (κ2) is 12.8. The maximum atomic E-state index is 13.2. The summed E-state index contributed by atoms with van der Waals surface area (Å²) in [6.45, 7) is 13.4. The third kappa shape index (κ3) is 6.55. The lowest BCUT2D eigenvalue weighted by atomic mass is 9.51. The summed E-state index contributed by atoms with van der Waals surface area (Å²) in [5.74, 6) is 3.96. The van der Waals surface area contributed by atoms with Gasteiger partial charge in [-0.25, -0.2) is 0 Å². The average molecular weight is 599 g/mol. The van der Waals surface area contributed by atoms with Crippen LogP contribution in [0.3, 0.4) is 0 Å². The van der Waals surface area contributed by atoms with Gasteiger partial charge < -0.3 is 4.74 Å². The SMILES string of the molecule is CC(=O)O[C@H]1CCC2=C(C1)C(COS(=O)(=O)c1ccc(C)cc1)C[C@@H]1[C@@H]2CC[C@]2(C)[C@@H]([C@H](C)CCCC(C)C)CC[C@@H]12. The first-order valence-corrected chi connectivity index (χ1v) is 18.1. The van der Waals surface area contributed by atoms with E-state index in [9.17, 15) is 13.2 Å². The number of rotatable bonds is 10. The minimum Gasteiger partial charge on any atom is -0.462 e. The predicted molar refractivity (Wildman–Crippen MR) is 167 cm³/mol. The molecule has 4 aliphatic carbocycles. The fraction of sp³-hybridized carbons (Fsp3) is 0.750. The van der Waals surface area contributed by atoms with Crippen LogP contribution in [0.1, 0.15) is 111 Å². The van der Waals surface area contributed by atoms with Gasteiger partial charge >= 0.3 is 5.97 Å². The number of hydrogen-bond acceptors (Lipinski definition) is 5. The van der Waals surface area contributed by atoms with Gasteiger partial charge in [0.15, 0.2) is 0 Å². The number of hydrogen-bond donors (Lipinski definition) is 0. The molecule has 5 rings (SSSR count). The molecule has 234 valence electrons. The van der Waals surface area contributed by atoms with Gasteiger partial charge in [0.1, 0.15) is 6.10 Å². The van der Waals surface area contributed by atoms with Crippen LogP contribution in [0.4, 0.5) is 0 Å². The smallest absolute Gasteiger partial charge is 0.302 e. The van der Waals surface area contributed by atoms with Gasteiger partial charge in [-0.05, 0) is 105 Å². The van der Waals surface area contributed by atoms with Crippen molar-refractivity contribution in [2.75, 3.05) is 6.61 Å². The van der Waals surface area contributed by atoms with Gasteiger partial charge in [-0.15, -0.1) is 0 Å². The van der Waals surface area contributed by atoms with E-state index < -0.39 is 10.1 Å². The summed E-state index contributed by atoms with van der Waals surface area (Å²) in [5, 5.41) is 0. The zero-order valence-electron chi connectivity index (χ0n) is 26.9. The molecule has 0 aromatic heterocycles. The fourth-order valence-corrected chi connectivity index (χ4v) is 10.7. The third-order valence-corrected chi connectivity index (χ3v) is 13.1. The van der Waals surface area contributed by atoms with Crippen molar-refractivity contribution in [2.45, 2.75) is 123 Å². The van der Waals surface area contributed by atoms with Crippen LogP contribution in [0.25, 0.3) is 0 Å². The highest BCUT2D eigenvalue weighted by Crippen LogP contribution is 2.65. The van der Waals surface area contributed by atoms with Gasteiger partial charge in [-0.3, -0.25) is 8.98 Å². The summed E-state index contributed by atoms with van der Waals surface area (Å²) in [7, 11) is -3.85. The topological polar surface area (TPSA) is 69.7 Å². The molecule has 8 atom stereocenters. The van der Waals surface area contributed by atoms with E-state index in [0.29, 0.717) is 29.6 Å². The molecule has 0 N–H and O–H groups in total. The van der Waals surface area contributed by atoms with Gasteiger partial charge in [0.2, 0.25) is 0 Å². The first-order chi connectivity index (χ1) is 19.9. The fourth-order valence-electron chi connectivity index (χ4n) is 9.80. The van der Waals surface area contributed by atoms with Crippen LogP contribution in [-0.2, 0) is 23.8 Å². The van der Waals surface area contributed by atoms with Crippen molar-refractivity contribution in [3.05, 3.63) is 41.0 Å². The molecular weight excluding hydrogens is 544 g/mol. The molecule has 0 saturated heterocycles. The molecule has 0 spiro atoms. The van der Waals surface area contributed by atoms with Gasteiger partial charge in [-0.2, -0.15) is 8.42 Å². The highest BCUT2D eigenvalue weighted by atomic mass is 32.2. The molecule has 0 bridgehead atoms. The van der Waals surface area contributed by atoms with Crippen LogP contribution >= 0.6 is 0 Å². The summed E-state index contributed by atoms with van der Waals surface area (Å²) in [4.78, 5) is 12.0. The highest BCUT2D eigenvalue weighted by molar-refractivity contribution is 7.86. The third-order valence-electron chi connectivity index (χ3n) is 11.8. The van der Waals surface area contributed by atoms with E-state index in [0.717, 1.165) is 42.6 Å². The van der Waals surface area contributed by atoms with E-state index in [1.165, 1.54) is 57.4 Å². The van der Waals surface area contributed by atoms with Crippen molar-refractivity contribution in [1.82, 2.24) is 0 Å². The molecule has 4 aliphatic rings. The van der Waals surface area contributed by atoms with Crippen molar-refractivity contribution >= 4 is 16.1 Å². The first-order valence-electron chi connectivity index (χ1n) is 16.7. The number of esters is 1. The molecular formula is C36H54O5S. The van der Waals surface area contributed by atoms with Crippen LogP contribution in [0.2, 0.25) is 0 Å². The van der Waals surface area contributed by atoms with Gasteiger partial charge in [0.25, 0.3) is 10.1 Å². The van der Waals surface area contributed by atoms with E-state index in [-0.39, 0.29) is 29.5 Å². The molecule has 2 saturated carbocycles. The Morgan fingerprint density at radius 2 is 1.76 bits per heavy atom. The summed E-state index contributed by atoms with van der Waals surface area (Å²) < 4.78 is 37.9. The number of carbonyl (C=O) groups excluding carboxylic acids is 1. The van der Waals surface area contributed by atoms with Crippen molar-refractivity contribution < 1.29 is 22.1 Å².